The fourth-order valence-electron chi connectivity index (χ4n) is 3.25. The zero-order valence-corrected chi connectivity index (χ0v) is 13.3. The van der Waals surface area contributed by atoms with Gasteiger partial charge in [-0.2, -0.15) is 5.10 Å². The van der Waals surface area contributed by atoms with Crippen molar-refractivity contribution in [2.45, 2.75) is 45.2 Å². The number of aryl methyl sites for hydroxylation is 2. The first-order chi connectivity index (χ1) is 9.65. The van der Waals surface area contributed by atoms with E-state index in [1.165, 1.54) is 50.9 Å². The summed E-state index contributed by atoms with van der Waals surface area (Å²) in [5.74, 6) is 0.792. The van der Waals surface area contributed by atoms with E-state index in [1.54, 1.807) is 4.68 Å². The predicted molar refractivity (Wildman–Crippen MR) is 82.0 cm³/mol. The van der Waals surface area contributed by atoms with E-state index in [9.17, 15) is 0 Å². The maximum atomic E-state index is 6.39. The standard InChI is InChI=1S/C15H25ClN4/c1-11-14(15(16)19(2)18-11)10-20(13-5-6-13)9-12-4-3-7-17-8-12/h12-13,17H,3-10H2,1-2H3. The summed E-state index contributed by atoms with van der Waals surface area (Å²) in [6.07, 6.45) is 5.36. The van der Waals surface area contributed by atoms with Gasteiger partial charge in [-0.15, -0.1) is 0 Å². The molecule has 5 heteroatoms. The molecule has 2 fully saturated rings. The summed E-state index contributed by atoms with van der Waals surface area (Å²) in [7, 11) is 1.92. The Labute approximate surface area is 126 Å². The SMILES string of the molecule is Cc1nn(C)c(Cl)c1CN(CC1CCCNC1)C1CC1. The van der Waals surface area contributed by atoms with Gasteiger partial charge in [-0.1, -0.05) is 11.6 Å². The summed E-state index contributed by atoms with van der Waals surface area (Å²) in [6.45, 7) is 6.58. The molecule has 1 unspecified atom stereocenters. The molecule has 1 saturated carbocycles. The number of rotatable bonds is 5. The Kier molecular flexibility index (Phi) is 4.34. The van der Waals surface area contributed by atoms with Gasteiger partial charge in [0.2, 0.25) is 0 Å². The van der Waals surface area contributed by atoms with Crippen molar-refractivity contribution in [1.29, 1.82) is 0 Å². The monoisotopic (exact) mass is 296 g/mol. The second kappa shape index (κ2) is 6.04. The lowest BCUT2D eigenvalue weighted by Crippen LogP contribution is -2.39. The second-order valence-electron chi connectivity index (χ2n) is 6.35. The average molecular weight is 297 g/mol. The quantitative estimate of drug-likeness (QED) is 0.905. The van der Waals surface area contributed by atoms with Gasteiger partial charge in [-0.05, 0) is 51.6 Å². The second-order valence-corrected chi connectivity index (χ2v) is 6.71. The van der Waals surface area contributed by atoms with Crippen LogP contribution >= 0.6 is 11.6 Å². The lowest BCUT2D eigenvalue weighted by molar-refractivity contribution is 0.192. The molecule has 1 saturated heterocycles. The van der Waals surface area contributed by atoms with Crippen molar-refractivity contribution in [1.82, 2.24) is 20.0 Å². The number of nitrogens with zero attached hydrogens (tertiary/aromatic N) is 3. The predicted octanol–water partition coefficient (Wildman–Crippen LogP) is 2.35. The van der Waals surface area contributed by atoms with Crippen LogP contribution in [0.1, 0.15) is 36.9 Å². The summed E-state index contributed by atoms with van der Waals surface area (Å²) in [4.78, 5) is 2.63. The van der Waals surface area contributed by atoms with Crippen LogP contribution in [0.4, 0.5) is 0 Å². The number of hydrogen-bond donors (Lipinski definition) is 1. The minimum atomic E-state index is 0.771. The third-order valence-corrected chi connectivity index (χ3v) is 5.06. The Morgan fingerprint density at radius 2 is 2.20 bits per heavy atom. The molecule has 0 amide bonds. The van der Waals surface area contributed by atoms with Gasteiger partial charge in [0.15, 0.2) is 0 Å². The van der Waals surface area contributed by atoms with Crippen LogP contribution in [0.15, 0.2) is 0 Å². The van der Waals surface area contributed by atoms with Gasteiger partial charge >= 0.3 is 0 Å². The highest BCUT2D eigenvalue weighted by atomic mass is 35.5. The number of hydrogen-bond acceptors (Lipinski definition) is 3. The number of aromatic nitrogens is 2. The molecule has 1 aliphatic carbocycles. The van der Waals surface area contributed by atoms with E-state index in [0.29, 0.717) is 0 Å². The minimum Gasteiger partial charge on any atom is -0.316 e. The highest BCUT2D eigenvalue weighted by Crippen LogP contribution is 2.32. The van der Waals surface area contributed by atoms with E-state index >= 15 is 0 Å². The summed E-state index contributed by atoms with van der Waals surface area (Å²) in [6, 6.07) is 0.771. The fraction of sp³-hybridized carbons (Fsp3) is 0.800. The molecule has 1 aromatic heterocycles. The molecule has 1 aliphatic heterocycles. The molecule has 0 bridgehead atoms. The van der Waals surface area contributed by atoms with Crippen LogP contribution in [0.25, 0.3) is 0 Å². The Hall–Kier alpha value is -0.580. The molecule has 0 spiro atoms. The van der Waals surface area contributed by atoms with Crippen LogP contribution in [-0.4, -0.2) is 40.4 Å². The van der Waals surface area contributed by atoms with E-state index < -0.39 is 0 Å². The molecule has 1 aromatic rings. The zero-order chi connectivity index (χ0) is 14.1. The number of halogens is 1. The lowest BCUT2D eigenvalue weighted by atomic mass is 9.99. The Balaban J connectivity index is 1.67. The van der Waals surface area contributed by atoms with Crippen LogP contribution in [0.2, 0.25) is 5.15 Å². The molecular formula is C15H25ClN4. The van der Waals surface area contributed by atoms with Crippen LogP contribution in [0.5, 0.6) is 0 Å². The van der Waals surface area contributed by atoms with Crippen molar-refractivity contribution in [3.05, 3.63) is 16.4 Å². The van der Waals surface area contributed by atoms with Crippen molar-refractivity contribution in [2.24, 2.45) is 13.0 Å². The molecule has 0 aromatic carbocycles. The Bertz CT molecular complexity index is 461. The molecule has 4 nitrogen and oxygen atoms in total. The molecule has 20 heavy (non-hydrogen) atoms. The molecule has 1 atom stereocenters. The molecule has 112 valence electrons. The van der Waals surface area contributed by atoms with Crippen LogP contribution in [0, 0.1) is 12.8 Å². The Morgan fingerprint density at radius 1 is 1.40 bits per heavy atom. The number of piperidine rings is 1. The maximum absolute atomic E-state index is 6.39. The smallest absolute Gasteiger partial charge is 0.131 e. The normalized spacial score (nSPS) is 23.5. The number of nitrogens with one attached hydrogen (secondary N) is 1. The van der Waals surface area contributed by atoms with Gasteiger partial charge in [-0.25, -0.2) is 0 Å². The van der Waals surface area contributed by atoms with Crippen molar-refractivity contribution < 1.29 is 0 Å². The minimum absolute atomic E-state index is 0.771. The van der Waals surface area contributed by atoms with Crippen molar-refractivity contribution in [2.75, 3.05) is 19.6 Å². The van der Waals surface area contributed by atoms with Crippen LogP contribution in [0.3, 0.4) is 0 Å². The first-order valence-electron chi connectivity index (χ1n) is 7.78. The third-order valence-electron chi connectivity index (χ3n) is 4.59. The summed E-state index contributed by atoms with van der Waals surface area (Å²) >= 11 is 6.39. The molecule has 3 rings (SSSR count). The zero-order valence-electron chi connectivity index (χ0n) is 12.5. The highest BCUT2D eigenvalue weighted by Gasteiger charge is 2.32. The summed E-state index contributed by atoms with van der Waals surface area (Å²) in [5, 5.41) is 8.76. The van der Waals surface area contributed by atoms with E-state index in [4.69, 9.17) is 11.6 Å². The van der Waals surface area contributed by atoms with Crippen LogP contribution in [-0.2, 0) is 13.6 Å². The molecule has 1 N–H and O–H groups in total. The van der Waals surface area contributed by atoms with Gasteiger partial charge in [0.1, 0.15) is 5.15 Å². The first-order valence-corrected chi connectivity index (χ1v) is 8.15. The largest absolute Gasteiger partial charge is 0.316 e. The van der Waals surface area contributed by atoms with Crippen molar-refractivity contribution >= 4 is 11.6 Å². The Morgan fingerprint density at radius 3 is 2.75 bits per heavy atom. The highest BCUT2D eigenvalue weighted by molar-refractivity contribution is 6.30. The molecule has 0 radical (unpaired) electrons. The van der Waals surface area contributed by atoms with E-state index in [1.807, 2.05) is 7.05 Å². The van der Waals surface area contributed by atoms with Gasteiger partial charge < -0.3 is 5.32 Å². The summed E-state index contributed by atoms with van der Waals surface area (Å²) in [5.41, 5.74) is 2.29. The molecular weight excluding hydrogens is 272 g/mol. The fourth-order valence-corrected chi connectivity index (χ4v) is 3.48. The van der Waals surface area contributed by atoms with E-state index in [-0.39, 0.29) is 0 Å². The molecule has 2 aliphatic rings. The van der Waals surface area contributed by atoms with E-state index in [2.05, 4.69) is 22.2 Å². The average Bonchev–Trinajstić information content (AvgIpc) is 3.24. The van der Waals surface area contributed by atoms with Gasteiger partial charge in [0.25, 0.3) is 0 Å². The summed E-state index contributed by atoms with van der Waals surface area (Å²) < 4.78 is 1.79. The first kappa shape index (κ1) is 14.4. The van der Waals surface area contributed by atoms with Crippen molar-refractivity contribution in [3.8, 4) is 0 Å². The van der Waals surface area contributed by atoms with Gasteiger partial charge in [-0.3, -0.25) is 9.58 Å². The van der Waals surface area contributed by atoms with Gasteiger partial charge in [0, 0.05) is 31.7 Å². The van der Waals surface area contributed by atoms with E-state index in [0.717, 1.165) is 29.4 Å². The van der Waals surface area contributed by atoms with Crippen LogP contribution < -0.4 is 5.32 Å². The van der Waals surface area contributed by atoms with Crippen molar-refractivity contribution in [3.63, 3.8) is 0 Å². The van der Waals surface area contributed by atoms with Gasteiger partial charge in [0.05, 0.1) is 5.69 Å². The maximum Gasteiger partial charge on any atom is 0.131 e. The molecule has 2 heterocycles. The topological polar surface area (TPSA) is 33.1 Å². The third kappa shape index (κ3) is 3.18. The lowest BCUT2D eigenvalue weighted by Gasteiger charge is -2.30.